The molecule has 2 heterocycles. The topological polar surface area (TPSA) is 43.3 Å². The van der Waals surface area contributed by atoms with Gasteiger partial charge in [0.25, 0.3) is 0 Å². The molecular weight excluding hydrogens is 217 g/mol. The lowest BCUT2D eigenvalue weighted by Gasteiger charge is -2.17. The second-order valence-corrected chi connectivity index (χ2v) is 5.25. The van der Waals surface area contributed by atoms with Crippen LogP contribution in [0.3, 0.4) is 0 Å². The van der Waals surface area contributed by atoms with Crippen molar-refractivity contribution < 1.29 is 4.39 Å². The van der Waals surface area contributed by atoms with Crippen LogP contribution in [0.4, 0.5) is 4.39 Å². The summed E-state index contributed by atoms with van der Waals surface area (Å²) >= 11 is 0. The van der Waals surface area contributed by atoms with E-state index in [4.69, 9.17) is 5.73 Å². The predicted molar refractivity (Wildman–Crippen MR) is 66.6 cm³/mol. The molecule has 4 heteroatoms. The molecule has 0 aromatic carbocycles. The molecule has 0 aliphatic carbocycles. The van der Waals surface area contributed by atoms with E-state index in [9.17, 15) is 4.39 Å². The Morgan fingerprint density at radius 3 is 2.71 bits per heavy atom. The Kier molecular flexibility index (Phi) is 2.91. The quantitative estimate of drug-likeness (QED) is 0.867. The Bertz CT molecular complexity index is 537. The molecule has 17 heavy (non-hydrogen) atoms. The highest BCUT2D eigenvalue weighted by Gasteiger charge is 2.24. The van der Waals surface area contributed by atoms with Crippen LogP contribution in [0.25, 0.3) is 5.65 Å². The summed E-state index contributed by atoms with van der Waals surface area (Å²) < 4.78 is 15.5. The van der Waals surface area contributed by atoms with Crippen LogP contribution < -0.4 is 5.73 Å². The van der Waals surface area contributed by atoms with E-state index in [1.807, 2.05) is 10.6 Å². The average molecular weight is 235 g/mol. The van der Waals surface area contributed by atoms with Crippen molar-refractivity contribution >= 4 is 5.65 Å². The van der Waals surface area contributed by atoms with Crippen molar-refractivity contribution in [2.45, 2.75) is 32.6 Å². The molecule has 0 fully saturated rings. The minimum atomic E-state index is -0.290. The first-order chi connectivity index (χ1) is 7.95. The van der Waals surface area contributed by atoms with Gasteiger partial charge in [-0.15, -0.1) is 0 Å². The molecule has 3 nitrogen and oxygen atoms in total. The molecule has 0 bridgehead atoms. The zero-order chi connectivity index (χ0) is 12.6. The largest absolute Gasteiger partial charge is 0.330 e. The summed E-state index contributed by atoms with van der Waals surface area (Å²) in [5.74, 6) is -0.290. The summed E-state index contributed by atoms with van der Waals surface area (Å²) in [6, 6.07) is 3.12. The summed E-state index contributed by atoms with van der Waals surface area (Å²) in [6.07, 6.45) is 2.54. The zero-order valence-electron chi connectivity index (χ0n) is 10.5. The van der Waals surface area contributed by atoms with Gasteiger partial charge in [0, 0.05) is 23.7 Å². The zero-order valence-corrected chi connectivity index (χ0v) is 10.5. The fraction of sp³-hybridized carbons (Fsp3) is 0.462. The second-order valence-electron chi connectivity index (χ2n) is 5.25. The molecule has 0 aliphatic rings. The van der Waals surface area contributed by atoms with Crippen molar-refractivity contribution in [2.24, 2.45) is 5.73 Å². The molecule has 0 radical (unpaired) electrons. The summed E-state index contributed by atoms with van der Waals surface area (Å²) in [5.41, 5.74) is 7.84. The normalized spacial score (nSPS) is 12.3. The third-order valence-corrected chi connectivity index (χ3v) is 2.79. The Morgan fingerprint density at radius 1 is 1.41 bits per heavy atom. The van der Waals surface area contributed by atoms with E-state index in [0.717, 1.165) is 11.4 Å². The molecule has 0 spiro atoms. The fourth-order valence-corrected chi connectivity index (χ4v) is 2.06. The van der Waals surface area contributed by atoms with Gasteiger partial charge < -0.3 is 10.1 Å². The molecule has 0 aliphatic heterocycles. The van der Waals surface area contributed by atoms with Crippen molar-refractivity contribution in [3.8, 4) is 0 Å². The molecule has 2 aromatic heterocycles. The maximum absolute atomic E-state index is 13.7. The molecule has 2 rings (SSSR count). The molecule has 2 aromatic rings. The van der Waals surface area contributed by atoms with Crippen molar-refractivity contribution in [3.63, 3.8) is 0 Å². The van der Waals surface area contributed by atoms with Gasteiger partial charge in [-0.25, -0.2) is 9.37 Å². The van der Waals surface area contributed by atoms with Gasteiger partial charge in [0.15, 0.2) is 11.5 Å². The number of aromatic nitrogens is 2. The lowest BCUT2D eigenvalue weighted by Crippen LogP contribution is -2.17. The van der Waals surface area contributed by atoms with Crippen LogP contribution in [0.2, 0.25) is 0 Å². The van der Waals surface area contributed by atoms with Crippen molar-refractivity contribution in [1.29, 1.82) is 0 Å². The van der Waals surface area contributed by atoms with Gasteiger partial charge in [0.2, 0.25) is 0 Å². The van der Waals surface area contributed by atoms with Gasteiger partial charge in [-0.05, 0) is 18.7 Å². The first kappa shape index (κ1) is 12.0. The number of nitrogens with zero attached hydrogens (tertiary/aromatic N) is 2. The van der Waals surface area contributed by atoms with Crippen LogP contribution in [0, 0.1) is 5.82 Å². The van der Waals surface area contributed by atoms with Gasteiger partial charge in [-0.2, -0.15) is 0 Å². The van der Waals surface area contributed by atoms with Crippen molar-refractivity contribution in [3.05, 3.63) is 35.5 Å². The molecule has 2 N–H and O–H groups in total. The predicted octanol–water partition coefficient (Wildman–Crippen LogP) is 2.27. The van der Waals surface area contributed by atoms with Gasteiger partial charge in [-0.1, -0.05) is 20.8 Å². The van der Waals surface area contributed by atoms with Crippen LogP contribution in [0.1, 0.15) is 32.2 Å². The third-order valence-electron chi connectivity index (χ3n) is 2.79. The number of fused-ring (bicyclic) bond motifs is 1. The van der Waals surface area contributed by atoms with Gasteiger partial charge in [0.1, 0.15) is 0 Å². The molecule has 92 valence electrons. The highest BCUT2D eigenvalue weighted by molar-refractivity contribution is 5.46. The maximum Gasteiger partial charge on any atom is 0.173 e. The summed E-state index contributed by atoms with van der Waals surface area (Å²) in [6.45, 7) is 6.76. The number of rotatable bonds is 2. The van der Waals surface area contributed by atoms with E-state index in [1.54, 1.807) is 6.07 Å². The van der Waals surface area contributed by atoms with Gasteiger partial charge in [-0.3, -0.25) is 0 Å². The number of imidazole rings is 1. The maximum atomic E-state index is 13.7. The van der Waals surface area contributed by atoms with Crippen molar-refractivity contribution in [1.82, 2.24) is 9.38 Å². The summed E-state index contributed by atoms with van der Waals surface area (Å²) in [5, 5.41) is 0. The molecule has 0 saturated carbocycles. The van der Waals surface area contributed by atoms with E-state index in [2.05, 4.69) is 25.8 Å². The van der Waals surface area contributed by atoms with Gasteiger partial charge in [0.05, 0.1) is 5.69 Å². The highest BCUT2D eigenvalue weighted by Crippen LogP contribution is 2.27. The Morgan fingerprint density at radius 2 is 2.12 bits per heavy atom. The Labute approximate surface area is 100 Å². The van der Waals surface area contributed by atoms with Crippen LogP contribution in [-0.2, 0) is 11.8 Å². The van der Waals surface area contributed by atoms with E-state index in [-0.39, 0.29) is 11.2 Å². The number of hydrogen-bond donors (Lipinski definition) is 1. The number of nitrogens with two attached hydrogens (primary N) is 1. The number of hydrogen-bond acceptors (Lipinski definition) is 2. The van der Waals surface area contributed by atoms with Crippen molar-refractivity contribution in [2.75, 3.05) is 6.54 Å². The van der Waals surface area contributed by atoms with E-state index in [0.29, 0.717) is 18.6 Å². The lowest BCUT2D eigenvalue weighted by atomic mass is 9.90. The standard InChI is InChI=1S/C13H18FN3/c1-13(2,3)11-10(6-7-15)17-8-4-5-9(14)12(17)16-11/h4-5,8H,6-7,15H2,1-3H3. The Balaban J connectivity index is 2.75. The SMILES string of the molecule is CC(C)(C)c1nc2c(F)cccn2c1CCN. The van der Waals surface area contributed by atoms with E-state index < -0.39 is 0 Å². The second kappa shape index (κ2) is 4.11. The molecule has 0 saturated heterocycles. The van der Waals surface area contributed by atoms with Crippen LogP contribution >= 0.6 is 0 Å². The minimum Gasteiger partial charge on any atom is -0.330 e. The number of halogens is 1. The first-order valence-electron chi connectivity index (χ1n) is 5.81. The molecule has 0 amide bonds. The van der Waals surface area contributed by atoms with E-state index in [1.165, 1.54) is 6.07 Å². The van der Waals surface area contributed by atoms with Crippen LogP contribution in [0.5, 0.6) is 0 Å². The lowest BCUT2D eigenvalue weighted by molar-refractivity contribution is 0.563. The molecule has 0 atom stereocenters. The van der Waals surface area contributed by atoms with E-state index >= 15 is 0 Å². The fourth-order valence-electron chi connectivity index (χ4n) is 2.06. The Hall–Kier alpha value is -1.42. The van der Waals surface area contributed by atoms with Crippen LogP contribution in [0.15, 0.2) is 18.3 Å². The minimum absolute atomic E-state index is 0.108. The first-order valence-corrected chi connectivity index (χ1v) is 5.81. The summed E-state index contributed by atoms with van der Waals surface area (Å²) in [7, 11) is 0. The third kappa shape index (κ3) is 2.05. The van der Waals surface area contributed by atoms with Gasteiger partial charge >= 0.3 is 0 Å². The summed E-state index contributed by atoms with van der Waals surface area (Å²) in [4.78, 5) is 4.43. The van der Waals surface area contributed by atoms with Crippen LogP contribution in [-0.4, -0.2) is 15.9 Å². The highest BCUT2D eigenvalue weighted by atomic mass is 19.1. The smallest absolute Gasteiger partial charge is 0.173 e. The number of pyridine rings is 1. The average Bonchev–Trinajstić information content (AvgIpc) is 2.59. The molecular formula is C13H18FN3. The molecule has 0 unspecified atom stereocenters. The monoisotopic (exact) mass is 235 g/mol.